The molecule has 1 aliphatic rings. The summed E-state index contributed by atoms with van der Waals surface area (Å²) in [6.45, 7) is 5.66. The van der Waals surface area contributed by atoms with Gasteiger partial charge in [0, 0.05) is 44.4 Å². The monoisotopic (exact) mass is 481 g/mol. The third kappa shape index (κ3) is 7.17. The van der Waals surface area contributed by atoms with Crippen molar-refractivity contribution in [3.05, 3.63) is 63.2 Å². The Kier molecular flexibility index (Phi) is 9.04. The highest BCUT2D eigenvalue weighted by atomic mass is 16.6. The van der Waals surface area contributed by atoms with Gasteiger partial charge in [0.25, 0.3) is 5.69 Å². The zero-order valence-electron chi connectivity index (χ0n) is 20.0. The standard InChI is InChI=1S/C25H31N5O5/c1-18-3-4-19(15-23(18)30(34)35)17-27-21-7-10-29(11-8-21)13-12-28(2)24-16-20(25(32)33)5-6-22(24)26-9-14-31/h3-6,9,14-16,21,27H,7-8,10-13,17H2,1-2H3,(H,32,33). The molecule has 0 unspecified atom stereocenters. The molecule has 2 aromatic carbocycles. The number of benzene rings is 2. The van der Waals surface area contributed by atoms with Gasteiger partial charge in [0.1, 0.15) is 0 Å². The quantitative estimate of drug-likeness (QED) is 0.217. The molecule has 0 spiro atoms. The summed E-state index contributed by atoms with van der Waals surface area (Å²) in [5.41, 5.74) is 3.09. The smallest absolute Gasteiger partial charge is 0.335 e. The fraction of sp³-hybridized carbons (Fsp3) is 0.400. The van der Waals surface area contributed by atoms with Crippen LogP contribution in [-0.4, -0.2) is 72.7 Å². The number of nitro groups is 1. The first kappa shape index (κ1) is 26.0. The van der Waals surface area contributed by atoms with Gasteiger partial charge in [0.15, 0.2) is 6.29 Å². The summed E-state index contributed by atoms with van der Waals surface area (Å²) in [5, 5.41) is 24.0. The van der Waals surface area contributed by atoms with Crippen LogP contribution in [0, 0.1) is 17.0 Å². The molecule has 1 aliphatic heterocycles. The second kappa shape index (κ2) is 12.2. The molecule has 0 aromatic heterocycles. The Morgan fingerprint density at radius 3 is 2.69 bits per heavy atom. The van der Waals surface area contributed by atoms with Crippen molar-refractivity contribution >= 4 is 35.5 Å². The largest absolute Gasteiger partial charge is 0.478 e. The van der Waals surface area contributed by atoms with Crippen LogP contribution in [-0.2, 0) is 11.3 Å². The molecule has 0 amide bonds. The van der Waals surface area contributed by atoms with Gasteiger partial charge < -0.3 is 20.2 Å². The third-order valence-electron chi connectivity index (χ3n) is 6.31. The zero-order valence-corrected chi connectivity index (χ0v) is 20.0. The fourth-order valence-corrected chi connectivity index (χ4v) is 4.18. The van der Waals surface area contributed by atoms with Crippen LogP contribution in [0.15, 0.2) is 41.4 Å². The highest BCUT2D eigenvalue weighted by Crippen LogP contribution is 2.29. The summed E-state index contributed by atoms with van der Waals surface area (Å²) >= 11 is 0. The van der Waals surface area contributed by atoms with Gasteiger partial charge in [-0.05, 0) is 56.6 Å². The molecule has 0 radical (unpaired) electrons. The molecule has 2 aromatic rings. The lowest BCUT2D eigenvalue weighted by Gasteiger charge is -2.34. The van der Waals surface area contributed by atoms with Crippen LogP contribution in [0.5, 0.6) is 0 Å². The van der Waals surface area contributed by atoms with Gasteiger partial charge >= 0.3 is 5.97 Å². The topological polar surface area (TPSA) is 128 Å². The molecule has 1 saturated heterocycles. The van der Waals surface area contributed by atoms with E-state index >= 15 is 0 Å². The van der Waals surface area contributed by atoms with Crippen LogP contribution < -0.4 is 10.2 Å². The van der Waals surface area contributed by atoms with Crippen molar-refractivity contribution in [1.29, 1.82) is 0 Å². The second-order valence-electron chi connectivity index (χ2n) is 8.72. The van der Waals surface area contributed by atoms with E-state index in [4.69, 9.17) is 0 Å². The van der Waals surface area contributed by atoms with E-state index in [0.29, 0.717) is 42.4 Å². The molecule has 10 nitrogen and oxygen atoms in total. The van der Waals surface area contributed by atoms with Crippen LogP contribution >= 0.6 is 0 Å². The lowest BCUT2D eigenvalue weighted by Crippen LogP contribution is -2.44. The number of carbonyl (C=O) groups is 2. The molecule has 1 fully saturated rings. The maximum Gasteiger partial charge on any atom is 0.335 e. The highest BCUT2D eigenvalue weighted by molar-refractivity contribution is 6.14. The van der Waals surface area contributed by atoms with Crippen LogP contribution in [0.1, 0.15) is 34.3 Å². The molecular weight excluding hydrogens is 450 g/mol. The molecule has 0 saturated carbocycles. The molecular formula is C25H31N5O5. The predicted octanol–water partition coefficient (Wildman–Crippen LogP) is 3.19. The number of nitrogens with zero attached hydrogens (tertiary/aromatic N) is 4. The Balaban J connectivity index is 1.50. The number of hydrogen-bond donors (Lipinski definition) is 2. The summed E-state index contributed by atoms with van der Waals surface area (Å²) < 4.78 is 0. The summed E-state index contributed by atoms with van der Waals surface area (Å²) in [6.07, 6.45) is 3.69. The number of carboxylic acid groups (broad SMARTS) is 1. The number of carboxylic acids is 1. The van der Waals surface area contributed by atoms with Crippen LogP contribution in [0.2, 0.25) is 0 Å². The van der Waals surface area contributed by atoms with Crippen LogP contribution in [0.3, 0.4) is 0 Å². The van der Waals surface area contributed by atoms with E-state index in [1.807, 2.05) is 18.0 Å². The average molecular weight is 482 g/mol. The van der Waals surface area contributed by atoms with E-state index in [1.165, 1.54) is 6.07 Å². The Morgan fingerprint density at radius 1 is 1.29 bits per heavy atom. The summed E-state index contributed by atoms with van der Waals surface area (Å²) in [6, 6.07) is 10.4. The average Bonchev–Trinajstić information content (AvgIpc) is 2.85. The van der Waals surface area contributed by atoms with E-state index in [2.05, 4.69) is 15.2 Å². The number of nitrogens with one attached hydrogen (secondary N) is 1. The number of anilines is 1. The number of nitro benzene ring substituents is 1. The van der Waals surface area contributed by atoms with Gasteiger partial charge in [-0.25, -0.2) is 4.79 Å². The Bertz CT molecular complexity index is 1100. The number of aldehydes is 1. The van der Waals surface area contributed by atoms with Crippen molar-refractivity contribution in [2.75, 3.05) is 38.1 Å². The van der Waals surface area contributed by atoms with Gasteiger partial charge in [-0.15, -0.1) is 0 Å². The van der Waals surface area contributed by atoms with Crippen LogP contribution in [0.4, 0.5) is 17.1 Å². The van der Waals surface area contributed by atoms with E-state index in [1.54, 1.807) is 31.2 Å². The zero-order chi connectivity index (χ0) is 25.4. The summed E-state index contributed by atoms with van der Waals surface area (Å²) in [5.74, 6) is -1.01. The first-order valence-electron chi connectivity index (χ1n) is 11.5. The lowest BCUT2D eigenvalue weighted by atomic mass is 10.0. The van der Waals surface area contributed by atoms with E-state index in [9.17, 15) is 24.8 Å². The van der Waals surface area contributed by atoms with Gasteiger partial charge in [0.05, 0.1) is 28.1 Å². The Labute approximate surface area is 204 Å². The molecule has 0 aliphatic carbocycles. The number of aliphatic imine (C=N–C) groups is 1. The molecule has 0 bridgehead atoms. The third-order valence-corrected chi connectivity index (χ3v) is 6.31. The van der Waals surface area contributed by atoms with Gasteiger partial charge in [-0.2, -0.15) is 0 Å². The molecule has 0 atom stereocenters. The minimum absolute atomic E-state index is 0.150. The minimum atomic E-state index is -1.01. The SMILES string of the molecule is Cc1ccc(CNC2CCN(CCN(C)c3cc(C(=O)O)ccc3N=CC=O)CC2)cc1[N+](=O)[O-]. The number of likely N-dealkylation sites (N-methyl/N-ethyl adjacent to an activating group) is 1. The highest BCUT2D eigenvalue weighted by Gasteiger charge is 2.20. The fourth-order valence-electron chi connectivity index (χ4n) is 4.18. The van der Waals surface area contributed by atoms with Gasteiger partial charge in [-0.1, -0.05) is 12.1 Å². The van der Waals surface area contributed by atoms with Crippen molar-refractivity contribution in [2.45, 2.75) is 32.4 Å². The number of carbonyl (C=O) groups excluding carboxylic acids is 1. The summed E-state index contributed by atoms with van der Waals surface area (Å²) in [7, 11) is 1.88. The Hall–Kier alpha value is -3.63. The lowest BCUT2D eigenvalue weighted by molar-refractivity contribution is -0.385. The normalized spacial score (nSPS) is 14.8. The number of aryl methyl sites for hydroxylation is 1. The van der Waals surface area contributed by atoms with E-state index in [-0.39, 0.29) is 16.2 Å². The van der Waals surface area contributed by atoms with Gasteiger partial charge in [-0.3, -0.25) is 19.9 Å². The molecule has 2 N–H and O–H groups in total. The number of hydrogen-bond acceptors (Lipinski definition) is 8. The number of likely N-dealkylation sites (tertiary alicyclic amines) is 1. The second-order valence-corrected chi connectivity index (χ2v) is 8.72. The van der Waals surface area contributed by atoms with E-state index in [0.717, 1.165) is 44.3 Å². The molecule has 10 heteroatoms. The number of aromatic carboxylic acids is 1. The predicted molar refractivity (Wildman–Crippen MR) is 135 cm³/mol. The Morgan fingerprint density at radius 2 is 2.03 bits per heavy atom. The molecule has 3 rings (SSSR count). The maximum atomic E-state index is 11.4. The molecule has 186 valence electrons. The number of piperidine rings is 1. The molecule has 1 heterocycles. The first-order chi connectivity index (χ1) is 16.8. The maximum absolute atomic E-state index is 11.4. The summed E-state index contributed by atoms with van der Waals surface area (Å²) in [4.78, 5) is 41.3. The van der Waals surface area contributed by atoms with Crippen molar-refractivity contribution < 1.29 is 19.6 Å². The minimum Gasteiger partial charge on any atom is -0.478 e. The van der Waals surface area contributed by atoms with Crippen molar-refractivity contribution in [3.63, 3.8) is 0 Å². The van der Waals surface area contributed by atoms with Crippen molar-refractivity contribution in [1.82, 2.24) is 10.2 Å². The van der Waals surface area contributed by atoms with Crippen molar-refractivity contribution in [3.8, 4) is 0 Å². The first-order valence-corrected chi connectivity index (χ1v) is 11.5. The van der Waals surface area contributed by atoms with Crippen LogP contribution in [0.25, 0.3) is 0 Å². The van der Waals surface area contributed by atoms with E-state index < -0.39 is 5.97 Å². The van der Waals surface area contributed by atoms with Crippen molar-refractivity contribution in [2.24, 2.45) is 4.99 Å². The molecule has 35 heavy (non-hydrogen) atoms. The van der Waals surface area contributed by atoms with Gasteiger partial charge in [0.2, 0.25) is 0 Å². The number of rotatable bonds is 11.